The quantitative estimate of drug-likeness (QED) is 0.888. The van der Waals surface area contributed by atoms with Crippen LogP contribution in [0.5, 0.6) is 11.5 Å². The highest BCUT2D eigenvalue weighted by atomic mass is 32.1. The van der Waals surface area contributed by atoms with E-state index in [1.165, 1.54) is 0 Å². The Morgan fingerprint density at radius 1 is 1.30 bits per heavy atom. The SMILES string of the molecule is CCNC(c1nc(C)cs1)c1ccc(OC)cc1OC. The number of hydrogen-bond donors (Lipinski definition) is 1. The highest BCUT2D eigenvalue weighted by Gasteiger charge is 2.20. The number of methoxy groups -OCH3 is 2. The Morgan fingerprint density at radius 3 is 2.65 bits per heavy atom. The molecule has 0 saturated carbocycles. The summed E-state index contributed by atoms with van der Waals surface area (Å²) in [5.41, 5.74) is 2.12. The third kappa shape index (κ3) is 3.11. The smallest absolute Gasteiger partial charge is 0.127 e. The van der Waals surface area contributed by atoms with E-state index in [9.17, 15) is 0 Å². The van der Waals surface area contributed by atoms with Gasteiger partial charge in [-0.3, -0.25) is 0 Å². The second-order valence-corrected chi connectivity index (χ2v) is 5.32. The summed E-state index contributed by atoms with van der Waals surface area (Å²) in [4.78, 5) is 4.59. The lowest BCUT2D eigenvalue weighted by Gasteiger charge is -2.19. The van der Waals surface area contributed by atoms with E-state index in [0.717, 1.165) is 34.3 Å². The fraction of sp³-hybridized carbons (Fsp3) is 0.400. The Kier molecular flexibility index (Phi) is 4.98. The van der Waals surface area contributed by atoms with E-state index < -0.39 is 0 Å². The first-order valence-corrected chi connectivity index (χ1v) is 7.44. The van der Waals surface area contributed by atoms with Crippen LogP contribution in [-0.2, 0) is 0 Å². The van der Waals surface area contributed by atoms with Crippen LogP contribution in [0.2, 0.25) is 0 Å². The first-order valence-electron chi connectivity index (χ1n) is 6.57. The van der Waals surface area contributed by atoms with Crippen molar-refractivity contribution in [3.63, 3.8) is 0 Å². The van der Waals surface area contributed by atoms with Gasteiger partial charge in [-0.15, -0.1) is 11.3 Å². The standard InChI is InChI=1S/C15H20N2O2S/c1-5-16-14(15-17-10(2)9-20-15)12-7-6-11(18-3)8-13(12)19-4/h6-9,14,16H,5H2,1-4H3. The number of aromatic nitrogens is 1. The largest absolute Gasteiger partial charge is 0.497 e. The van der Waals surface area contributed by atoms with E-state index in [1.54, 1.807) is 25.6 Å². The lowest BCUT2D eigenvalue weighted by molar-refractivity contribution is 0.387. The maximum atomic E-state index is 5.50. The highest BCUT2D eigenvalue weighted by molar-refractivity contribution is 7.09. The summed E-state index contributed by atoms with van der Waals surface area (Å²) < 4.78 is 10.7. The third-order valence-corrected chi connectivity index (χ3v) is 4.07. The Morgan fingerprint density at radius 2 is 2.10 bits per heavy atom. The zero-order chi connectivity index (χ0) is 14.5. The summed E-state index contributed by atoms with van der Waals surface area (Å²) >= 11 is 1.66. The molecular formula is C15H20N2O2S. The summed E-state index contributed by atoms with van der Waals surface area (Å²) in [7, 11) is 3.33. The third-order valence-electron chi connectivity index (χ3n) is 3.04. The van der Waals surface area contributed by atoms with Crippen molar-refractivity contribution in [2.24, 2.45) is 0 Å². The summed E-state index contributed by atoms with van der Waals surface area (Å²) in [5.74, 6) is 1.60. The molecule has 1 unspecified atom stereocenters. The lowest BCUT2D eigenvalue weighted by atomic mass is 10.1. The van der Waals surface area contributed by atoms with E-state index in [1.807, 2.05) is 25.1 Å². The van der Waals surface area contributed by atoms with Crippen molar-refractivity contribution in [1.82, 2.24) is 10.3 Å². The fourth-order valence-corrected chi connectivity index (χ4v) is 2.98. The van der Waals surface area contributed by atoms with Gasteiger partial charge in [0.15, 0.2) is 0 Å². The Hall–Kier alpha value is -1.59. The molecule has 1 N–H and O–H groups in total. The summed E-state index contributed by atoms with van der Waals surface area (Å²) in [6.45, 7) is 4.95. The number of thiazole rings is 1. The molecule has 0 saturated heterocycles. The van der Waals surface area contributed by atoms with E-state index in [-0.39, 0.29) is 6.04 Å². The average molecular weight is 292 g/mol. The van der Waals surface area contributed by atoms with Gasteiger partial charge in [-0.1, -0.05) is 6.92 Å². The topological polar surface area (TPSA) is 43.4 Å². The number of aryl methyl sites for hydroxylation is 1. The van der Waals surface area contributed by atoms with Gasteiger partial charge < -0.3 is 14.8 Å². The lowest BCUT2D eigenvalue weighted by Crippen LogP contribution is -2.22. The number of nitrogens with zero attached hydrogens (tertiary/aromatic N) is 1. The number of benzene rings is 1. The maximum absolute atomic E-state index is 5.50. The molecule has 0 bridgehead atoms. The molecular weight excluding hydrogens is 272 g/mol. The van der Waals surface area contributed by atoms with Crippen LogP contribution < -0.4 is 14.8 Å². The first kappa shape index (κ1) is 14.8. The molecule has 1 aromatic heterocycles. The number of nitrogens with one attached hydrogen (secondary N) is 1. The van der Waals surface area contributed by atoms with Crippen molar-refractivity contribution in [2.45, 2.75) is 19.9 Å². The van der Waals surface area contributed by atoms with Crippen LogP contribution in [0.3, 0.4) is 0 Å². The molecule has 2 rings (SSSR count). The van der Waals surface area contributed by atoms with Crippen molar-refractivity contribution >= 4 is 11.3 Å². The van der Waals surface area contributed by atoms with Gasteiger partial charge in [0.05, 0.1) is 20.3 Å². The van der Waals surface area contributed by atoms with E-state index in [4.69, 9.17) is 9.47 Å². The molecule has 0 aliphatic heterocycles. The molecule has 0 aliphatic carbocycles. The zero-order valence-electron chi connectivity index (χ0n) is 12.3. The van der Waals surface area contributed by atoms with Gasteiger partial charge in [0.1, 0.15) is 16.5 Å². The predicted molar refractivity (Wildman–Crippen MR) is 81.9 cm³/mol. The van der Waals surface area contributed by atoms with Crippen molar-refractivity contribution < 1.29 is 9.47 Å². The minimum Gasteiger partial charge on any atom is -0.497 e. The van der Waals surface area contributed by atoms with Crippen LogP contribution in [0.1, 0.15) is 29.2 Å². The molecule has 4 nitrogen and oxygen atoms in total. The van der Waals surface area contributed by atoms with Crippen LogP contribution in [0.25, 0.3) is 0 Å². The molecule has 0 amide bonds. The van der Waals surface area contributed by atoms with Crippen LogP contribution in [-0.4, -0.2) is 25.7 Å². The van der Waals surface area contributed by atoms with E-state index >= 15 is 0 Å². The van der Waals surface area contributed by atoms with E-state index in [0.29, 0.717) is 0 Å². The second-order valence-electron chi connectivity index (χ2n) is 4.43. The molecule has 0 spiro atoms. The Balaban J connectivity index is 2.43. The minimum absolute atomic E-state index is 0.0413. The van der Waals surface area contributed by atoms with Crippen LogP contribution in [0.15, 0.2) is 23.6 Å². The zero-order valence-corrected chi connectivity index (χ0v) is 13.1. The molecule has 2 aromatic rings. The maximum Gasteiger partial charge on any atom is 0.127 e. The molecule has 1 heterocycles. The van der Waals surface area contributed by atoms with Crippen LogP contribution >= 0.6 is 11.3 Å². The van der Waals surface area contributed by atoms with Gasteiger partial charge in [-0.2, -0.15) is 0 Å². The molecule has 1 aromatic carbocycles. The van der Waals surface area contributed by atoms with Crippen LogP contribution in [0, 0.1) is 6.92 Å². The van der Waals surface area contributed by atoms with Crippen molar-refractivity contribution in [1.29, 1.82) is 0 Å². The molecule has 1 atom stereocenters. The fourth-order valence-electron chi connectivity index (χ4n) is 2.10. The molecule has 5 heteroatoms. The summed E-state index contributed by atoms with van der Waals surface area (Å²) in [6.07, 6.45) is 0. The van der Waals surface area contributed by atoms with Gasteiger partial charge >= 0.3 is 0 Å². The molecule has 0 radical (unpaired) electrons. The summed E-state index contributed by atoms with van der Waals surface area (Å²) in [6, 6.07) is 5.92. The normalized spacial score (nSPS) is 12.2. The van der Waals surface area contributed by atoms with Gasteiger partial charge in [0.25, 0.3) is 0 Å². The van der Waals surface area contributed by atoms with Crippen LogP contribution in [0.4, 0.5) is 0 Å². The van der Waals surface area contributed by atoms with E-state index in [2.05, 4.69) is 22.6 Å². The van der Waals surface area contributed by atoms with Gasteiger partial charge in [0.2, 0.25) is 0 Å². The monoisotopic (exact) mass is 292 g/mol. The average Bonchev–Trinajstić information content (AvgIpc) is 2.90. The predicted octanol–water partition coefficient (Wildman–Crippen LogP) is 3.17. The summed E-state index contributed by atoms with van der Waals surface area (Å²) in [5, 5.41) is 6.58. The molecule has 0 fully saturated rings. The highest BCUT2D eigenvalue weighted by Crippen LogP contribution is 2.34. The molecule has 108 valence electrons. The number of rotatable bonds is 6. The van der Waals surface area contributed by atoms with Crippen molar-refractivity contribution in [3.05, 3.63) is 39.8 Å². The van der Waals surface area contributed by atoms with Crippen molar-refractivity contribution in [3.8, 4) is 11.5 Å². The van der Waals surface area contributed by atoms with Gasteiger partial charge in [0, 0.05) is 22.7 Å². The van der Waals surface area contributed by atoms with Gasteiger partial charge in [-0.25, -0.2) is 4.98 Å². The Bertz CT molecular complexity index is 569. The minimum atomic E-state index is 0.0413. The second kappa shape index (κ2) is 6.72. The van der Waals surface area contributed by atoms with Gasteiger partial charge in [-0.05, 0) is 25.6 Å². The molecule has 0 aliphatic rings. The molecule has 20 heavy (non-hydrogen) atoms. The first-order chi connectivity index (χ1) is 9.69. The number of hydrogen-bond acceptors (Lipinski definition) is 5. The van der Waals surface area contributed by atoms with Crippen molar-refractivity contribution in [2.75, 3.05) is 20.8 Å². The Labute approximate surface area is 123 Å². The number of ether oxygens (including phenoxy) is 2.